The van der Waals surface area contributed by atoms with Crippen LogP contribution in [0.15, 0.2) is 72.1 Å². The van der Waals surface area contributed by atoms with E-state index in [2.05, 4.69) is 58.0 Å². The van der Waals surface area contributed by atoms with E-state index in [1.165, 1.54) is 17.3 Å². The van der Waals surface area contributed by atoms with E-state index in [4.69, 9.17) is 4.74 Å². The molecule has 2 aromatic heterocycles. The number of hydrogen-bond donors (Lipinski definition) is 0. The van der Waals surface area contributed by atoms with Crippen LogP contribution in [0.3, 0.4) is 0 Å². The third kappa shape index (κ3) is 3.96. The lowest BCUT2D eigenvalue weighted by Gasteiger charge is -2.11. The van der Waals surface area contributed by atoms with E-state index in [-0.39, 0.29) is 11.2 Å². The van der Waals surface area contributed by atoms with Crippen LogP contribution in [-0.4, -0.2) is 32.4 Å². The van der Waals surface area contributed by atoms with Gasteiger partial charge in [-0.1, -0.05) is 54.2 Å². The van der Waals surface area contributed by atoms with Gasteiger partial charge in [-0.15, -0.1) is 0 Å². The average Bonchev–Trinajstić information content (AvgIpc) is 3.15. The number of thioether (sulfide) groups is 1. The van der Waals surface area contributed by atoms with Crippen molar-refractivity contribution in [3.05, 3.63) is 72.7 Å². The molecule has 4 rings (SSSR count). The molecule has 30 heavy (non-hydrogen) atoms. The summed E-state index contributed by atoms with van der Waals surface area (Å²) >= 11 is 1.40. The van der Waals surface area contributed by atoms with Crippen LogP contribution in [0, 0.1) is 6.92 Å². The second-order valence-electron chi connectivity index (χ2n) is 7.01. The van der Waals surface area contributed by atoms with Crippen molar-refractivity contribution in [3.8, 4) is 16.8 Å². The molecule has 4 aromatic rings. The first-order valence-corrected chi connectivity index (χ1v) is 10.8. The highest BCUT2D eigenvalue weighted by atomic mass is 32.2. The zero-order valence-electron chi connectivity index (χ0n) is 17.2. The van der Waals surface area contributed by atoms with E-state index < -0.39 is 0 Å². The molecule has 2 heterocycles. The predicted octanol–water partition coefficient (Wildman–Crippen LogP) is 5.44. The molecule has 6 heteroatoms. The SMILES string of the molecule is CCOC(=O)[C@@H](C)Sc1ncnc2c1c(-c1ccccc1)cn2-c1cccc(C)c1. The maximum absolute atomic E-state index is 12.2. The van der Waals surface area contributed by atoms with Crippen molar-refractivity contribution in [1.82, 2.24) is 14.5 Å². The van der Waals surface area contributed by atoms with Gasteiger partial charge < -0.3 is 9.30 Å². The Labute approximate surface area is 180 Å². The maximum atomic E-state index is 12.2. The van der Waals surface area contributed by atoms with Crippen LogP contribution in [0.5, 0.6) is 0 Å². The number of fused-ring (bicyclic) bond motifs is 1. The van der Waals surface area contributed by atoms with Gasteiger partial charge in [0.1, 0.15) is 22.3 Å². The third-order valence-corrected chi connectivity index (χ3v) is 5.90. The van der Waals surface area contributed by atoms with Gasteiger partial charge in [0, 0.05) is 17.4 Å². The van der Waals surface area contributed by atoms with E-state index in [0.717, 1.165) is 32.9 Å². The smallest absolute Gasteiger partial charge is 0.319 e. The van der Waals surface area contributed by atoms with Gasteiger partial charge in [0.25, 0.3) is 0 Å². The molecule has 0 aliphatic carbocycles. The summed E-state index contributed by atoms with van der Waals surface area (Å²) in [6.07, 6.45) is 3.66. The fourth-order valence-electron chi connectivity index (χ4n) is 3.41. The lowest BCUT2D eigenvalue weighted by molar-refractivity contribution is -0.142. The molecule has 0 aliphatic heterocycles. The summed E-state index contributed by atoms with van der Waals surface area (Å²) in [5.41, 5.74) is 5.14. The average molecular weight is 418 g/mol. The van der Waals surface area contributed by atoms with Gasteiger partial charge in [-0.3, -0.25) is 4.79 Å². The van der Waals surface area contributed by atoms with Crippen LogP contribution in [0.25, 0.3) is 27.8 Å². The molecular weight excluding hydrogens is 394 g/mol. The summed E-state index contributed by atoms with van der Waals surface area (Å²) in [6.45, 7) is 6.09. The molecule has 0 bridgehead atoms. The molecule has 0 N–H and O–H groups in total. The van der Waals surface area contributed by atoms with Gasteiger partial charge in [0.2, 0.25) is 0 Å². The summed E-state index contributed by atoms with van der Waals surface area (Å²) in [5, 5.41) is 1.34. The molecule has 0 spiro atoms. The normalized spacial score (nSPS) is 12.1. The Morgan fingerprint density at radius 2 is 1.93 bits per heavy atom. The molecule has 152 valence electrons. The molecule has 0 unspecified atom stereocenters. The number of benzene rings is 2. The first kappa shape index (κ1) is 20.2. The molecule has 0 fully saturated rings. The van der Waals surface area contributed by atoms with Crippen LogP contribution in [0.2, 0.25) is 0 Å². The van der Waals surface area contributed by atoms with Crippen LogP contribution in [0.4, 0.5) is 0 Å². The minimum absolute atomic E-state index is 0.242. The highest BCUT2D eigenvalue weighted by Crippen LogP contribution is 2.38. The van der Waals surface area contributed by atoms with Gasteiger partial charge in [-0.2, -0.15) is 0 Å². The second kappa shape index (κ2) is 8.71. The predicted molar refractivity (Wildman–Crippen MR) is 121 cm³/mol. The van der Waals surface area contributed by atoms with E-state index in [0.29, 0.717) is 6.61 Å². The Bertz CT molecular complexity index is 1190. The molecule has 0 saturated heterocycles. The molecular formula is C24H23N3O2S. The number of esters is 1. The number of ether oxygens (including phenoxy) is 1. The molecule has 2 aromatic carbocycles. The van der Waals surface area contributed by atoms with Crippen LogP contribution >= 0.6 is 11.8 Å². The Morgan fingerprint density at radius 1 is 1.13 bits per heavy atom. The highest BCUT2D eigenvalue weighted by molar-refractivity contribution is 8.00. The van der Waals surface area contributed by atoms with Crippen LogP contribution in [0.1, 0.15) is 19.4 Å². The summed E-state index contributed by atoms with van der Waals surface area (Å²) in [7, 11) is 0. The molecule has 0 radical (unpaired) electrons. The standard InChI is InChI=1S/C24H23N3O2S/c1-4-29-24(28)17(3)30-23-21-20(18-10-6-5-7-11-18)14-27(22(21)25-15-26-23)19-12-8-9-16(2)13-19/h5-15,17H,4H2,1-3H3/t17-/m1/s1. The van der Waals surface area contributed by atoms with E-state index in [9.17, 15) is 4.79 Å². The van der Waals surface area contributed by atoms with Crippen molar-refractivity contribution >= 4 is 28.8 Å². The van der Waals surface area contributed by atoms with E-state index >= 15 is 0 Å². The Balaban J connectivity index is 1.91. The Morgan fingerprint density at radius 3 is 2.67 bits per heavy atom. The number of rotatable bonds is 6. The molecule has 1 atom stereocenters. The summed E-state index contributed by atoms with van der Waals surface area (Å²) < 4.78 is 7.27. The largest absolute Gasteiger partial charge is 0.465 e. The minimum Gasteiger partial charge on any atom is -0.465 e. The molecule has 0 aliphatic rings. The van der Waals surface area contributed by atoms with Gasteiger partial charge in [-0.25, -0.2) is 9.97 Å². The first-order chi connectivity index (χ1) is 14.6. The van der Waals surface area contributed by atoms with Crippen molar-refractivity contribution in [2.45, 2.75) is 31.0 Å². The Hall–Kier alpha value is -3.12. The van der Waals surface area contributed by atoms with Gasteiger partial charge in [0.05, 0.1) is 12.0 Å². The third-order valence-electron chi connectivity index (χ3n) is 4.82. The Kier molecular flexibility index (Phi) is 5.86. The molecule has 0 saturated carbocycles. The number of carbonyl (C=O) groups is 1. The van der Waals surface area contributed by atoms with Gasteiger partial charge in [0.15, 0.2) is 0 Å². The zero-order valence-corrected chi connectivity index (χ0v) is 18.0. The van der Waals surface area contributed by atoms with Gasteiger partial charge in [-0.05, 0) is 44.0 Å². The fourth-order valence-corrected chi connectivity index (χ4v) is 4.34. The topological polar surface area (TPSA) is 57.0 Å². The van der Waals surface area contributed by atoms with E-state index in [1.807, 2.05) is 38.1 Å². The summed E-state index contributed by atoms with van der Waals surface area (Å²) in [6, 6.07) is 18.5. The quantitative estimate of drug-likeness (QED) is 0.238. The number of aromatic nitrogens is 3. The van der Waals surface area contributed by atoms with Crippen molar-refractivity contribution in [3.63, 3.8) is 0 Å². The van der Waals surface area contributed by atoms with Crippen molar-refractivity contribution < 1.29 is 9.53 Å². The summed E-state index contributed by atoms with van der Waals surface area (Å²) in [5.74, 6) is -0.242. The van der Waals surface area contributed by atoms with E-state index in [1.54, 1.807) is 6.33 Å². The van der Waals surface area contributed by atoms with Crippen molar-refractivity contribution in [1.29, 1.82) is 0 Å². The number of nitrogens with zero attached hydrogens (tertiary/aromatic N) is 3. The van der Waals surface area contributed by atoms with Crippen molar-refractivity contribution in [2.24, 2.45) is 0 Å². The first-order valence-electron chi connectivity index (χ1n) is 9.90. The summed E-state index contributed by atoms with van der Waals surface area (Å²) in [4.78, 5) is 21.3. The zero-order chi connectivity index (χ0) is 21.1. The maximum Gasteiger partial charge on any atom is 0.319 e. The second-order valence-corrected chi connectivity index (χ2v) is 8.34. The van der Waals surface area contributed by atoms with Crippen LogP contribution in [-0.2, 0) is 9.53 Å². The lowest BCUT2D eigenvalue weighted by Crippen LogP contribution is -2.16. The number of hydrogen-bond acceptors (Lipinski definition) is 5. The molecule has 0 amide bonds. The van der Waals surface area contributed by atoms with Crippen LogP contribution < -0.4 is 0 Å². The van der Waals surface area contributed by atoms with Crippen molar-refractivity contribution in [2.75, 3.05) is 6.61 Å². The monoisotopic (exact) mass is 417 g/mol. The number of aryl methyl sites for hydroxylation is 1. The fraction of sp³-hybridized carbons (Fsp3) is 0.208. The lowest BCUT2D eigenvalue weighted by atomic mass is 10.1. The highest BCUT2D eigenvalue weighted by Gasteiger charge is 2.22. The van der Waals surface area contributed by atoms with Gasteiger partial charge >= 0.3 is 5.97 Å². The number of carbonyl (C=O) groups excluding carboxylic acids is 1. The molecule has 5 nitrogen and oxygen atoms in total. The minimum atomic E-state index is -0.367.